The summed E-state index contributed by atoms with van der Waals surface area (Å²) in [7, 11) is 0. The summed E-state index contributed by atoms with van der Waals surface area (Å²) in [6, 6.07) is 7.49. The van der Waals surface area contributed by atoms with Crippen molar-refractivity contribution in [2.45, 2.75) is 20.8 Å². The second-order valence-electron chi connectivity index (χ2n) is 5.81. The molecule has 1 amide bonds. The zero-order chi connectivity index (χ0) is 18.8. The van der Waals surface area contributed by atoms with Gasteiger partial charge >= 0.3 is 0 Å². The fourth-order valence-corrected chi connectivity index (χ4v) is 2.96. The highest BCUT2D eigenvalue weighted by atomic mass is 35.5. The van der Waals surface area contributed by atoms with Gasteiger partial charge in [0.1, 0.15) is 16.9 Å². The summed E-state index contributed by atoms with van der Waals surface area (Å²) in [5, 5.41) is 20.1. The second kappa shape index (κ2) is 6.98. The monoisotopic (exact) mass is 365 g/mol. The molecule has 2 N–H and O–H groups in total. The summed E-state index contributed by atoms with van der Waals surface area (Å²) >= 11 is 6.04. The van der Waals surface area contributed by atoms with Crippen LogP contribution in [0.25, 0.3) is 17.0 Å². The maximum absolute atomic E-state index is 12.7. The molecule has 2 aromatic heterocycles. The van der Waals surface area contributed by atoms with Gasteiger partial charge in [-0.05, 0) is 56.2 Å². The number of carbonyl (C=O) groups excluding carboxylic acids is 1. The minimum Gasteiger partial charge on any atom is -0.321 e. The number of carbonyl (C=O) groups is 1. The van der Waals surface area contributed by atoms with Crippen molar-refractivity contribution in [2.24, 2.45) is 0 Å². The number of aromatic nitrogens is 3. The van der Waals surface area contributed by atoms with Crippen LogP contribution < -0.4 is 5.32 Å². The molecule has 0 bridgehead atoms. The maximum Gasteiger partial charge on any atom is 0.274 e. The number of hydrogen-bond acceptors (Lipinski definition) is 4. The molecular weight excluding hydrogens is 350 g/mol. The number of nitrogens with one attached hydrogen (secondary N) is 2. The zero-order valence-electron chi connectivity index (χ0n) is 14.5. The molecule has 3 aromatic rings. The van der Waals surface area contributed by atoms with Gasteiger partial charge in [-0.3, -0.25) is 9.89 Å². The number of allylic oxidation sites excluding steroid dienone is 1. The number of amides is 1. The Bertz CT molecular complexity index is 1090. The number of nitrogens with zero attached hydrogens (tertiary/aromatic N) is 3. The van der Waals surface area contributed by atoms with Crippen molar-refractivity contribution >= 4 is 40.2 Å². The van der Waals surface area contributed by atoms with Gasteiger partial charge in [0.2, 0.25) is 0 Å². The Morgan fingerprint density at radius 2 is 2.12 bits per heavy atom. The SMILES string of the molecule is C/C=C/c1n[nH]c2ccc(NC(=O)c3nc(Cl)c(C#N)c(C)c3C)cc12. The minimum absolute atomic E-state index is 0.0291. The number of nitriles is 1. The molecule has 2 heterocycles. The van der Waals surface area contributed by atoms with Crippen LogP contribution in [-0.4, -0.2) is 21.1 Å². The lowest BCUT2D eigenvalue weighted by Gasteiger charge is -2.11. The van der Waals surface area contributed by atoms with E-state index in [9.17, 15) is 4.79 Å². The first-order valence-electron chi connectivity index (χ1n) is 7.95. The average molecular weight is 366 g/mol. The van der Waals surface area contributed by atoms with Crippen LogP contribution in [0.5, 0.6) is 0 Å². The number of halogens is 1. The number of anilines is 1. The first-order valence-corrected chi connectivity index (χ1v) is 8.33. The van der Waals surface area contributed by atoms with Gasteiger partial charge in [-0.25, -0.2) is 4.98 Å². The molecule has 26 heavy (non-hydrogen) atoms. The number of pyridine rings is 1. The van der Waals surface area contributed by atoms with Gasteiger partial charge in [0, 0.05) is 11.1 Å². The highest BCUT2D eigenvalue weighted by molar-refractivity contribution is 6.31. The van der Waals surface area contributed by atoms with Gasteiger partial charge < -0.3 is 5.32 Å². The molecule has 0 aliphatic heterocycles. The number of hydrogen-bond donors (Lipinski definition) is 2. The van der Waals surface area contributed by atoms with Gasteiger partial charge in [0.05, 0.1) is 16.8 Å². The quantitative estimate of drug-likeness (QED) is 0.673. The van der Waals surface area contributed by atoms with Crippen LogP contribution in [0.2, 0.25) is 5.15 Å². The Morgan fingerprint density at radius 3 is 2.81 bits per heavy atom. The second-order valence-corrected chi connectivity index (χ2v) is 6.17. The third kappa shape index (κ3) is 3.05. The van der Waals surface area contributed by atoms with E-state index in [0.29, 0.717) is 16.8 Å². The molecule has 0 aliphatic rings. The molecule has 0 saturated carbocycles. The topological polar surface area (TPSA) is 94.5 Å². The lowest BCUT2D eigenvalue weighted by atomic mass is 10.0. The molecule has 7 heteroatoms. The fraction of sp³-hybridized carbons (Fsp3) is 0.158. The lowest BCUT2D eigenvalue weighted by molar-refractivity contribution is 0.102. The Balaban J connectivity index is 1.97. The molecule has 6 nitrogen and oxygen atoms in total. The number of benzene rings is 1. The summed E-state index contributed by atoms with van der Waals surface area (Å²) < 4.78 is 0. The molecule has 0 unspecified atom stereocenters. The Morgan fingerprint density at radius 1 is 1.35 bits per heavy atom. The predicted molar refractivity (Wildman–Crippen MR) is 102 cm³/mol. The van der Waals surface area contributed by atoms with Crippen molar-refractivity contribution in [3.05, 3.63) is 57.5 Å². The fourth-order valence-electron chi connectivity index (χ4n) is 2.70. The predicted octanol–water partition coefficient (Wildman–Crippen LogP) is 4.39. The van der Waals surface area contributed by atoms with Crippen LogP contribution in [0, 0.1) is 25.2 Å². The Labute approximate surface area is 155 Å². The molecule has 0 spiro atoms. The van der Waals surface area contributed by atoms with E-state index in [-0.39, 0.29) is 22.3 Å². The summed E-state index contributed by atoms with van der Waals surface area (Å²) in [5.74, 6) is -0.382. The molecule has 0 saturated heterocycles. The van der Waals surface area contributed by atoms with Crippen molar-refractivity contribution in [2.75, 3.05) is 5.32 Å². The summed E-state index contributed by atoms with van der Waals surface area (Å²) in [5.41, 5.74) is 4.06. The molecule has 0 radical (unpaired) electrons. The van der Waals surface area contributed by atoms with E-state index in [4.69, 9.17) is 16.9 Å². The van der Waals surface area contributed by atoms with Crippen LogP contribution in [-0.2, 0) is 0 Å². The number of rotatable bonds is 3. The van der Waals surface area contributed by atoms with Crippen molar-refractivity contribution < 1.29 is 4.79 Å². The number of H-pyrrole nitrogens is 1. The van der Waals surface area contributed by atoms with E-state index < -0.39 is 0 Å². The Hall–Kier alpha value is -3.17. The Kier molecular flexibility index (Phi) is 4.74. The van der Waals surface area contributed by atoms with Crippen LogP contribution in [0.15, 0.2) is 24.3 Å². The van der Waals surface area contributed by atoms with Crippen LogP contribution in [0.1, 0.15) is 39.8 Å². The van der Waals surface area contributed by atoms with Crippen molar-refractivity contribution in [1.29, 1.82) is 5.26 Å². The van der Waals surface area contributed by atoms with Crippen molar-refractivity contribution in [3.63, 3.8) is 0 Å². The normalized spacial score (nSPS) is 11.0. The summed E-state index contributed by atoms with van der Waals surface area (Å²) in [6.07, 6.45) is 3.79. The van der Waals surface area contributed by atoms with E-state index in [0.717, 1.165) is 16.6 Å². The van der Waals surface area contributed by atoms with Crippen LogP contribution >= 0.6 is 11.6 Å². The van der Waals surface area contributed by atoms with E-state index in [1.54, 1.807) is 19.9 Å². The van der Waals surface area contributed by atoms with E-state index in [1.165, 1.54) is 0 Å². The van der Waals surface area contributed by atoms with Gasteiger partial charge in [-0.15, -0.1) is 0 Å². The molecule has 0 atom stereocenters. The number of fused-ring (bicyclic) bond motifs is 1. The summed E-state index contributed by atoms with van der Waals surface area (Å²) in [6.45, 7) is 5.41. The zero-order valence-corrected chi connectivity index (χ0v) is 15.3. The highest BCUT2D eigenvalue weighted by Crippen LogP contribution is 2.25. The third-order valence-corrected chi connectivity index (χ3v) is 4.48. The lowest BCUT2D eigenvalue weighted by Crippen LogP contribution is -2.17. The first kappa shape index (κ1) is 17.6. The van der Waals surface area contributed by atoms with Crippen LogP contribution in [0.4, 0.5) is 5.69 Å². The van der Waals surface area contributed by atoms with Crippen molar-refractivity contribution in [3.8, 4) is 6.07 Å². The minimum atomic E-state index is -0.382. The van der Waals surface area contributed by atoms with Gasteiger partial charge in [-0.2, -0.15) is 10.4 Å². The van der Waals surface area contributed by atoms with E-state index >= 15 is 0 Å². The van der Waals surface area contributed by atoms with Crippen molar-refractivity contribution in [1.82, 2.24) is 15.2 Å². The molecule has 0 aliphatic carbocycles. The standard InChI is InChI=1S/C19H16ClN5O/c1-4-5-15-13-8-12(6-7-16(13)25-24-15)22-19(26)17-11(3)10(2)14(9-21)18(20)23-17/h4-8H,1-3H3,(H,22,26)(H,24,25)/b5-4+. The average Bonchev–Trinajstić information content (AvgIpc) is 3.01. The van der Waals surface area contributed by atoms with E-state index in [2.05, 4.69) is 20.5 Å². The summed E-state index contributed by atoms with van der Waals surface area (Å²) in [4.78, 5) is 16.8. The molecular formula is C19H16ClN5O. The van der Waals surface area contributed by atoms with Crippen LogP contribution in [0.3, 0.4) is 0 Å². The molecule has 0 fully saturated rings. The van der Waals surface area contributed by atoms with Gasteiger partial charge in [0.15, 0.2) is 0 Å². The maximum atomic E-state index is 12.7. The molecule has 3 rings (SSSR count). The van der Waals surface area contributed by atoms with Gasteiger partial charge in [0.25, 0.3) is 5.91 Å². The van der Waals surface area contributed by atoms with Gasteiger partial charge in [-0.1, -0.05) is 17.7 Å². The third-order valence-electron chi connectivity index (χ3n) is 4.21. The highest BCUT2D eigenvalue weighted by Gasteiger charge is 2.18. The largest absolute Gasteiger partial charge is 0.321 e. The molecule has 130 valence electrons. The number of aromatic amines is 1. The van der Waals surface area contributed by atoms with E-state index in [1.807, 2.05) is 37.3 Å². The smallest absolute Gasteiger partial charge is 0.274 e. The first-order chi connectivity index (χ1) is 12.5. The molecule has 1 aromatic carbocycles.